The molecule has 2 aliphatic rings. The monoisotopic (exact) mass is 528 g/mol. The standard InChI is InChI=1S/C33H52O5/c1-8-10-11-28-21-23-33(38-31(28)17-12-24(3)4)22-20-27(7)30(37-33)18-14-25(5)13-16-29(34)26(6)15-19-32(35)36-9-2/h12-17,19,26-31,34H,3,8-11,18,20-23H2,1-2,4-7H3/t26-,27-,28-,29-,30+,31-,33-/m0/s1. The molecule has 1 N–H and O–H groups in total. The van der Waals surface area contributed by atoms with Gasteiger partial charge in [0.2, 0.25) is 0 Å². The van der Waals surface area contributed by atoms with E-state index in [4.69, 9.17) is 14.2 Å². The number of hydrogen-bond donors (Lipinski definition) is 1. The third-order valence-electron chi connectivity index (χ3n) is 7.78. The third-order valence-corrected chi connectivity index (χ3v) is 7.78. The van der Waals surface area contributed by atoms with Crippen molar-refractivity contribution in [2.24, 2.45) is 17.8 Å². The van der Waals surface area contributed by atoms with Crippen molar-refractivity contribution in [3.63, 3.8) is 0 Å². The van der Waals surface area contributed by atoms with Crippen molar-refractivity contribution in [2.75, 3.05) is 6.61 Å². The summed E-state index contributed by atoms with van der Waals surface area (Å²) in [6.07, 6.45) is 21.3. The SMILES string of the molecule is C=C(C)C=C[C@@H]1O[C@]2(CC[C@@H]1CCCC)CC[C@H](C)[C@@H](CC=C(C)C=C[C@H](O)[C@@H](C)C=CC(=O)OCC)O2. The van der Waals surface area contributed by atoms with Crippen molar-refractivity contribution in [1.82, 2.24) is 0 Å². The first-order valence-corrected chi connectivity index (χ1v) is 14.7. The highest BCUT2D eigenvalue weighted by Gasteiger charge is 2.46. The fourth-order valence-electron chi connectivity index (χ4n) is 5.17. The lowest BCUT2D eigenvalue weighted by Crippen LogP contribution is -2.52. The van der Waals surface area contributed by atoms with Gasteiger partial charge >= 0.3 is 5.97 Å². The van der Waals surface area contributed by atoms with Crippen molar-refractivity contribution >= 4 is 5.97 Å². The van der Waals surface area contributed by atoms with E-state index in [2.05, 4.69) is 38.7 Å². The molecule has 7 atom stereocenters. The highest BCUT2D eigenvalue weighted by molar-refractivity contribution is 5.81. The summed E-state index contributed by atoms with van der Waals surface area (Å²) in [6, 6.07) is 0. The summed E-state index contributed by atoms with van der Waals surface area (Å²) in [5.74, 6) is -0.0914. The molecule has 2 saturated heterocycles. The van der Waals surface area contributed by atoms with Crippen LogP contribution in [0, 0.1) is 17.8 Å². The summed E-state index contributed by atoms with van der Waals surface area (Å²) in [7, 11) is 0. The molecule has 38 heavy (non-hydrogen) atoms. The lowest BCUT2D eigenvalue weighted by molar-refractivity contribution is -0.324. The topological polar surface area (TPSA) is 65.0 Å². The van der Waals surface area contributed by atoms with Crippen LogP contribution >= 0.6 is 0 Å². The molecule has 5 nitrogen and oxygen atoms in total. The first-order valence-electron chi connectivity index (χ1n) is 14.7. The number of aliphatic hydroxyl groups is 1. The van der Waals surface area contributed by atoms with Gasteiger partial charge < -0.3 is 19.3 Å². The number of ether oxygens (including phenoxy) is 3. The summed E-state index contributed by atoms with van der Waals surface area (Å²) in [6.45, 7) is 16.6. The van der Waals surface area contributed by atoms with Crippen LogP contribution < -0.4 is 0 Å². The predicted octanol–water partition coefficient (Wildman–Crippen LogP) is 7.62. The normalized spacial score (nSPS) is 30.3. The zero-order chi connectivity index (χ0) is 28.1. The minimum Gasteiger partial charge on any atom is -0.463 e. The summed E-state index contributed by atoms with van der Waals surface area (Å²) in [5.41, 5.74) is 2.12. The zero-order valence-electron chi connectivity index (χ0n) is 24.7. The molecular weight excluding hydrogens is 476 g/mol. The Morgan fingerprint density at radius 1 is 1.13 bits per heavy atom. The van der Waals surface area contributed by atoms with E-state index in [-0.39, 0.29) is 24.1 Å². The van der Waals surface area contributed by atoms with Gasteiger partial charge in [-0.25, -0.2) is 4.79 Å². The molecule has 0 unspecified atom stereocenters. The van der Waals surface area contributed by atoms with Gasteiger partial charge in [0, 0.05) is 24.8 Å². The fourth-order valence-corrected chi connectivity index (χ4v) is 5.17. The second kappa shape index (κ2) is 16.2. The Kier molecular flexibility index (Phi) is 13.8. The molecule has 2 heterocycles. The molecule has 0 aromatic rings. The van der Waals surface area contributed by atoms with Gasteiger partial charge in [-0.2, -0.15) is 0 Å². The van der Waals surface area contributed by atoms with Crippen LogP contribution in [0.5, 0.6) is 0 Å². The molecule has 214 valence electrons. The maximum atomic E-state index is 11.5. The van der Waals surface area contributed by atoms with E-state index in [1.165, 1.54) is 25.3 Å². The molecule has 0 aromatic carbocycles. The van der Waals surface area contributed by atoms with Crippen LogP contribution in [0.25, 0.3) is 0 Å². The van der Waals surface area contributed by atoms with Crippen molar-refractivity contribution in [2.45, 2.75) is 117 Å². The fraction of sp³-hybridized carbons (Fsp3) is 0.667. The van der Waals surface area contributed by atoms with Crippen LogP contribution in [-0.4, -0.2) is 41.8 Å². The Balaban J connectivity index is 2.00. The van der Waals surface area contributed by atoms with Gasteiger partial charge in [-0.1, -0.05) is 87.8 Å². The molecular formula is C33H52O5. The maximum absolute atomic E-state index is 11.5. The summed E-state index contributed by atoms with van der Waals surface area (Å²) in [5, 5.41) is 10.4. The molecule has 2 aliphatic heterocycles. The molecule has 0 amide bonds. The van der Waals surface area contributed by atoms with E-state index in [9.17, 15) is 9.90 Å². The van der Waals surface area contributed by atoms with Gasteiger partial charge in [-0.15, -0.1) is 0 Å². The highest BCUT2D eigenvalue weighted by Crippen LogP contribution is 2.45. The first-order chi connectivity index (χ1) is 18.1. The number of hydrogen-bond acceptors (Lipinski definition) is 5. The molecule has 5 heteroatoms. The largest absolute Gasteiger partial charge is 0.463 e. The van der Waals surface area contributed by atoms with Crippen LogP contribution in [0.4, 0.5) is 0 Å². The van der Waals surface area contributed by atoms with Crippen molar-refractivity contribution in [3.05, 3.63) is 60.3 Å². The quantitative estimate of drug-likeness (QED) is 0.151. The summed E-state index contributed by atoms with van der Waals surface area (Å²) < 4.78 is 18.4. The van der Waals surface area contributed by atoms with Crippen LogP contribution in [0.3, 0.4) is 0 Å². The van der Waals surface area contributed by atoms with E-state index >= 15 is 0 Å². The van der Waals surface area contributed by atoms with Gasteiger partial charge in [0.15, 0.2) is 5.79 Å². The number of esters is 1. The molecule has 2 fully saturated rings. The number of carbonyl (C=O) groups is 1. The van der Waals surface area contributed by atoms with Gasteiger partial charge in [-0.05, 0) is 58.3 Å². The lowest BCUT2D eigenvalue weighted by Gasteiger charge is -2.49. The Hall–Kier alpha value is -1.95. The second-order valence-corrected chi connectivity index (χ2v) is 11.3. The predicted molar refractivity (Wildman–Crippen MR) is 156 cm³/mol. The number of aliphatic hydroxyl groups excluding tert-OH is 1. The Bertz CT molecular complexity index is 869. The van der Waals surface area contributed by atoms with E-state index in [0.29, 0.717) is 18.4 Å². The van der Waals surface area contributed by atoms with E-state index in [1.54, 1.807) is 19.1 Å². The Morgan fingerprint density at radius 3 is 2.55 bits per heavy atom. The Labute approximate surface area is 231 Å². The average molecular weight is 529 g/mol. The average Bonchev–Trinajstić information content (AvgIpc) is 2.89. The van der Waals surface area contributed by atoms with Gasteiger partial charge in [0.05, 0.1) is 24.9 Å². The molecule has 1 spiro atoms. The lowest BCUT2D eigenvalue weighted by atomic mass is 9.81. The van der Waals surface area contributed by atoms with E-state index in [1.807, 2.05) is 26.8 Å². The van der Waals surface area contributed by atoms with Gasteiger partial charge in [-0.3, -0.25) is 0 Å². The van der Waals surface area contributed by atoms with Crippen LogP contribution in [0.2, 0.25) is 0 Å². The van der Waals surface area contributed by atoms with Crippen LogP contribution in [-0.2, 0) is 19.0 Å². The smallest absolute Gasteiger partial charge is 0.330 e. The third kappa shape index (κ3) is 10.7. The number of unbranched alkanes of at least 4 members (excludes halogenated alkanes) is 1. The first kappa shape index (κ1) is 32.3. The van der Waals surface area contributed by atoms with Crippen molar-refractivity contribution in [1.29, 1.82) is 0 Å². The molecule has 2 rings (SSSR count). The molecule has 0 saturated carbocycles. The number of allylic oxidation sites excluding steroid dienone is 4. The zero-order valence-corrected chi connectivity index (χ0v) is 24.7. The number of carbonyl (C=O) groups excluding carboxylic acids is 1. The summed E-state index contributed by atoms with van der Waals surface area (Å²) in [4.78, 5) is 11.5. The Morgan fingerprint density at radius 2 is 1.87 bits per heavy atom. The van der Waals surface area contributed by atoms with Crippen LogP contribution in [0.1, 0.15) is 92.9 Å². The number of rotatable bonds is 13. The van der Waals surface area contributed by atoms with Gasteiger partial charge in [0.25, 0.3) is 0 Å². The van der Waals surface area contributed by atoms with E-state index < -0.39 is 11.9 Å². The minimum atomic E-state index is -0.683. The molecule has 0 aliphatic carbocycles. The van der Waals surface area contributed by atoms with Gasteiger partial charge in [0.1, 0.15) is 0 Å². The van der Waals surface area contributed by atoms with Crippen molar-refractivity contribution in [3.8, 4) is 0 Å². The summed E-state index contributed by atoms with van der Waals surface area (Å²) >= 11 is 0. The maximum Gasteiger partial charge on any atom is 0.330 e. The van der Waals surface area contributed by atoms with E-state index in [0.717, 1.165) is 43.3 Å². The minimum absolute atomic E-state index is 0.0719. The van der Waals surface area contributed by atoms with Crippen LogP contribution in [0.15, 0.2) is 60.3 Å². The molecule has 0 aromatic heterocycles. The molecule has 0 radical (unpaired) electrons. The second-order valence-electron chi connectivity index (χ2n) is 11.3. The molecule has 0 bridgehead atoms. The highest BCUT2D eigenvalue weighted by atomic mass is 16.7. The van der Waals surface area contributed by atoms with Crippen molar-refractivity contribution < 1.29 is 24.1 Å².